The molecule has 8 nitrogen and oxygen atoms in total. The van der Waals surface area contributed by atoms with E-state index in [4.69, 9.17) is 0 Å². The van der Waals surface area contributed by atoms with Crippen molar-refractivity contribution in [2.45, 2.75) is 13.0 Å². The van der Waals surface area contributed by atoms with Crippen molar-refractivity contribution in [3.8, 4) is 0 Å². The molecule has 1 amide bonds. The Balaban J connectivity index is 2.50. The highest BCUT2D eigenvalue weighted by atomic mass is 16.5. The minimum atomic E-state index is -0.488. The maximum atomic E-state index is 11.4. The van der Waals surface area contributed by atoms with E-state index in [1.165, 1.54) is 7.11 Å². The molecule has 0 radical (unpaired) electrons. The van der Waals surface area contributed by atoms with Crippen molar-refractivity contribution < 1.29 is 14.3 Å². The molecule has 0 aliphatic carbocycles. The van der Waals surface area contributed by atoms with Crippen LogP contribution in [0.5, 0.6) is 0 Å². The summed E-state index contributed by atoms with van der Waals surface area (Å²) in [7, 11) is 1.25. The Bertz CT molecular complexity index is 545. The molecule has 1 rings (SSSR count). The molecule has 1 aromatic heterocycles. The highest BCUT2D eigenvalue weighted by molar-refractivity contribution is 5.76. The molecule has 2 N–H and O–H groups in total. The van der Waals surface area contributed by atoms with Gasteiger partial charge < -0.3 is 10.1 Å². The average Bonchev–Trinajstić information content (AvgIpc) is 2.33. The number of H-pyrrole nitrogens is 1. The Morgan fingerprint density at radius 2 is 2.11 bits per heavy atom. The van der Waals surface area contributed by atoms with Crippen LogP contribution in [0.15, 0.2) is 21.7 Å². The van der Waals surface area contributed by atoms with Crippen LogP contribution in [0.1, 0.15) is 6.42 Å². The number of methoxy groups -OCH3 is 1. The molecule has 0 saturated carbocycles. The van der Waals surface area contributed by atoms with Crippen LogP contribution in [0.25, 0.3) is 0 Å². The van der Waals surface area contributed by atoms with Gasteiger partial charge in [-0.1, -0.05) is 0 Å². The summed E-state index contributed by atoms with van der Waals surface area (Å²) < 4.78 is 5.28. The predicted octanol–water partition coefficient (Wildman–Crippen LogP) is -1.78. The second-order valence-corrected chi connectivity index (χ2v) is 3.41. The van der Waals surface area contributed by atoms with E-state index in [1.54, 1.807) is 0 Å². The van der Waals surface area contributed by atoms with Gasteiger partial charge in [-0.2, -0.15) is 0 Å². The van der Waals surface area contributed by atoms with Crippen LogP contribution in [-0.2, 0) is 20.9 Å². The van der Waals surface area contributed by atoms with Gasteiger partial charge in [-0.25, -0.2) is 4.68 Å². The number of carbonyl (C=O) groups is 2. The highest BCUT2D eigenvalue weighted by Gasteiger charge is 2.06. The maximum absolute atomic E-state index is 11.4. The van der Waals surface area contributed by atoms with E-state index in [-0.39, 0.29) is 19.5 Å². The Morgan fingerprint density at radius 1 is 1.39 bits per heavy atom. The Kier molecular flexibility index (Phi) is 4.85. The number of hydrogen-bond donors (Lipinski definition) is 2. The third kappa shape index (κ3) is 4.24. The first-order valence-electron chi connectivity index (χ1n) is 5.16. The quantitative estimate of drug-likeness (QED) is 0.604. The molecular formula is C10H13N3O5. The molecule has 8 heteroatoms. The standard InChI is InChI=1S/C10H13N3O5/c1-18-10(17)4-5-11-8(15)6-13-9(16)3-2-7(14)12-13/h2-3H,4-6H2,1H3,(H,11,15)(H,12,14). The summed E-state index contributed by atoms with van der Waals surface area (Å²) in [6, 6.07) is 2.15. The Labute approximate surface area is 102 Å². The monoisotopic (exact) mass is 255 g/mol. The maximum Gasteiger partial charge on any atom is 0.307 e. The van der Waals surface area contributed by atoms with Crippen molar-refractivity contribution in [2.75, 3.05) is 13.7 Å². The molecule has 98 valence electrons. The van der Waals surface area contributed by atoms with Crippen molar-refractivity contribution in [1.82, 2.24) is 15.1 Å². The van der Waals surface area contributed by atoms with Crippen LogP contribution in [0.2, 0.25) is 0 Å². The third-order valence-corrected chi connectivity index (χ3v) is 2.07. The summed E-state index contributed by atoms with van der Waals surface area (Å²) in [6.45, 7) is -0.201. The van der Waals surface area contributed by atoms with Crippen LogP contribution in [0.3, 0.4) is 0 Å². The van der Waals surface area contributed by atoms with Crippen molar-refractivity contribution in [2.24, 2.45) is 0 Å². The van der Waals surface area contributed by atoms with Crippen LogP contribution >= 0.6 is 0 Å². The van der Waals surface area contributed by atoms with Gasteiger partial charge in [0, 0.05) is 18.7 Å². The highest BCUT2D eigenvalue weighted by Crippen LogP contribution is 1.82. The number of esters is 1. The number of nitrogens with zero attached hydrogens (tertiary/aromatic N) is 1. The predicted molar refractivity (Wildman–Crippen MR) is 61.0 cm³/mol. The fourth-order valence-corrected chi connectivity index (χ4v) is 1.19. The Hall–Kier alpha value is -2.38. The zero-order chi connectivity index (χ0) is 13.5. The number of carbonyl (C=O) groups excluding carboxylic acids is 2. The molecule has 0 spiro atoms. The first-order chi connectivity index (χ1) is 8.52. The lowest BCUT2D eigenvalue weighted by Gasteiger charge is -2.06. The van der Waals surface area contributed by atoms with E-state index >= 15 is 0 Å². The van der Waals surface area contributed by atoms with Gasteiger partial charge in [0.15, 0.2) is 0 Å². The van der Waals surface area contributed by atoms with Gasteiger partial charge in [-0.15, -0.1) is 0 Å². The second-order valence-electron chi connectivity index (χ2n) is 3.41. The smallest absolute Gasteiger partial charge is 0.307 e. The molecule has 0 aromatic carbocycles. The minimum Gasteiger partial charge on any atom is -0.469 e. The largest absolute Gasteiger partial charge is 0.469 e. The van der Waals surface area contributed by atoms with E-state index in [9.17, 15) is 19.2 Å². The van der Waals surface area contributed by atoms with E-state index in [0.717, 1.165) is 16.8 Å². The summed E-state index contributed by atoms with van der Waals surface area (Å²) in [5.41, 5.74) is -0.963. The van der Waals surface area contributed by atoms with E-state index in [1.807, 2.05) is 0 Å². The number of amides is 1. The molecule has 0 atom stereocenters. The number of ether oxygens (including phenoxy) is 1. The molecular weight excluding hydrogens is 242 g/mol. The fraction of sp³-hybridized carbons (Fsp3) is 0.400. The van der Waals surface area contributed by atoms with Crippen LogP contribution in [0, 0.1) is 0 Å². The lowest BCUT2D eigenvalue weighted by Crippen LogP contribution is -2.36. The first-order valence-corrected chi connectivity index (χ1v) is 5.16. The van der Waals surface area contributed by atoms with Gasteiger partial charge in [-0.3, -0.25) is 24.3 Å². The summed E-state index contributed by atoms with van der Waals surface area (Å²) in [5, 5.41) is 4.63. The summed E-state index contributed by atoms with van der Waals surface area (Å²) in [5.74, 6) is -0.927. The fourth-order valence-electron chi connectivity index (χ4n) is 1.19. The van der Waals surface area contributed by atoms with Crippen LogP contribution < -0.4 is 16.4 Å². The van der Waals surface area contributed by atoms with Crippen molar-refractivity contribution in [1.29, 1.82) is 0 Å². The molecule has 18 heavy (non-hydrogen) atoms. The molecule has 0 aliphatic heterocycles. The molecule has 0 bridgehead atoms. The van der Waals surface area contributed by atoms with E-state index < -0.39 is 23.0 Å². The molecule has 0 unspecified atom stereocenters. The molecule has 0 saturated heterocycles. The molecule has 1 aromatic rings. The van der Waals surface area contributed by atoms with Crippen LogP contribution in [0.4, 0.5) is 0 Å². The number of aromatic amines is 1. The van der Waals surface area contributed by atoms with Crippen LogP contribution in [-0.4, -0.2) is 35.3 Å². The van der Waals surface area contributed by atoms with Gasteiger partial charge in [0.2, 0.25) is 5.91 Å². The average molecular weight is 255 g/mol. The lowest BCUT2D eigenvalue weighted by atomic mass is 10.4. The topological polar surface area (TPSA) is 110 Å². The Morgan fingerprint density at radius 3 is 2.78 bits per heavy atom. The SMILES string of the molecule is COC(=O)CCNC(=O)Cn1[nH]c(=O)ccc1=O. The number of aromatic nitrogens is 2. The van der Waals surface area contributed by atoms with Gasteiger partial charge in [0.25, 0.3) is 11.1 Å². The van der Waals surface area contributed by atoms with Gasteiger partial charge in [-0.05, 0) is 0 Å². The normalized spacial score (nSPS) is 9.83. The van der Waals surface area contributed by atoms with E-state index in [0.29, 0.717) is 0 Å². The summed E-state index contributed by atoms with van der Waals surface area (Å²) in [4.78, 5) is 44.4. The molecule has 1 heterocycles. The van der Waals surface area contributed by atoms with Crippen molar-refractivity contribution >= 4 is 11.9 Å². The number of nitrogens with one attached hydrogen (secondary N) is 2. The van der Waals surface area contributed by atoms with E-state index in [2.05, 4.69) is 15.2 Å². The van der Waals surface area contributed by atoms with Crippen molar-refractivity contribution in [3.05, 3.63) is 32.8 Å². The first kappa shape index (κ1) is 13.7. The van der Waals surface area contributed by atoms with Gasteiger partial charge in [0.1, 0.15) is 6.54 Å². The second kappa shape index (κ2) is 6.38. The number of hydrogen-bond acceptors (Lipinski definition) is 5. The summed E-state index contributed by atoms with van der Waals surface area (Å²) in [6.07, 6.45) is 0.0441. The summed E-state index contributed by atoms with van der Waals surface area (Å²) >= 11 is 0. The lowest BCUT2D eigenvalue weighted by molar-refractivity contribution is -0.140. The van der Waals surface area contributed by atoms with Crippen molar-refractivity contribution in [3.63, 3.8) is 0 Å². The van der Waals surface area contributed by atoms with Gasteiger partial charge in [0.05, 0.1) is 13.5 Å². The molecule has 0 fully saturated rings. The minimum absolute atomic E-state index is 0.0441. The zero-order valence-corrected chi connectivity index (χ0v) is 9.76. The van der Waals surface area contributed by atoms with Gasteiger partial charge >= 0.3 is 5.97 Å². The number of rotatable bonds is 5. The molecule has 0 aliphatic rings. The zero-order valence-electron chi connectivity index (χ0n) is 9.76. The third-order valence-electron chi connectivity index (χ3n) is 2.07.